The van der Waals surface area contributed by atoms with Crippen LogP contribution in [0.15, 0.2) is 73.8 Å². The molecular formula is C28H29NO7. The molecule has 0 heterocycles. The fourth-order valence-electron chi connectivity index (χ4n) is 3.09. The zero-order valence-corrected chi connectivity index (χ0v) is 20.0. The van der Waals surface area contributed by atoms with Gasteiger partial charge in [0.15, 0.2) is 0 Å². The number of unbranched alkanes of at least 4 members (excludes halogenated alkanes) is 3. The van der Waals surface area contributed by atoms with Crippen LogP contribution in [0.4, 0.5) is 0 Å². The molecule has 0 aliphatic rings. The van der Waals surface area contributed by atoms with Crippen molar-refractivity contribution in [1.82, 2.24) is 0 Å². The van der Waals surface area contributed by atoms with Gasteiger partial charge < -0.3 is 18.9 Å². The molecule has 8 nitrogen and oxygen atoms in total. The molecule has 0 radical (unpaired) electrons. The summed E-state index contributed by atoms with van der Waals surface area (Å²) in [6.07, 6.45) is 5.57. The van der Waals surface area contributed by atoms with Gasteiger partial charge in [0.1, 0.15) is 24.2 Å². The molecule has 2 aromatic carbocycles. The average Bonchev–Trinajstić information content (AvgIpc) is 2.91. The molecule has 0 aliphatic heterocycles. The first-order valence-electron chi connectivity index (χ1n) is 11.5. The lowest BCUT2D eigenvalue weighted by molar-refractivity contribution is -0.153. The van der Waals surface area contributed by atoms with E-state index in [0.29, 0.717) is 35.7 Å². The van der Waals surface area contributed by atoms with Crippen LogP contribution in [0.2, 0.25) is 0 Å². The summed E-state index contributed by atoms with van der Waals surface area (Å²) in [6, 6.07) is 15.0. The summed E-state index contributed by atoms with van der Waals surface area (Å²) < 4.78 is 21.2. The van der Waals surface area contributed by atoms with Crippen molar-refractivity contribution in [2.45, 2.75) is 38.2 Å². The third-order valence-corrected chi connectivity index (χ3v) is 5.00. The second-order valence-corrected chi connectivity index (χ2v) is 7.70. The van der Waals surface area contributed by atoms with E-state index in [1.165, 1.54) is 0 Å². The number of hydrogen-bond acceptors (Lipinski definition) is 8. The maximum absolute atomic E-state index is 12.3. The van der Waals surface area contributed by atoms with Crippen LogP contribution in [0.5, 0.6) is 11.5 Å². The number of esters is 3. The standard InChI is InChI=1S/C28H29NO7/c1-3-26(30)34-20-25(35-27(31)4-2)9-7-5-6-8-18-33-23-16-12-22(13-17-23)28(32)36-24-14-10-21(19-29)11-15-24/h3-4,10-17,25H,1-2,5-9,18,20H2. The van der Waals surface area contributed by atoms with Gasteiger partial charge in [-0.15, -0.1) is 0 Å². The molecule has 2 aromatic rings. The number of ether oxygens (including phenoxy) is 4. The van der Waals surface area contributed by atoms with E-state index in [9.17, 15) is 14.4 Å². The maximum Gasteiger partial charge on any atom is 0.343 e. The summed E-state index contributed by atoms with van der Waals surface area (Å²) in [5, 5.41) is 8.82. The molecule has 0 bridgehead atoms. The van der Waals surface area contributed by atoms with Crippen molar-refractivity contribution >= 4 is 17.9 Å². The van der Waals surface area contributed by atoms with Crippen LogP contribution in [0.25, 0.3) is 0 Å². The number of nitriles is 1. The van der Waals surface area contributed by atoms with Gasteiger partial charge in [0, 0.05) is 12.2 Å². The van der Waals surface area contributed by atoms with Crippen molar-refractivity contribution in [3.05, 3.63) is 85.0 Å². The van der Waals surface area contributed by atoms with Crippen molar-refractivity contribution in [3.63, 3.8) is 0 Å². The normalized spacial score (nSPS) is 10.9. The first kappa shape index (κ1) is 27.9. The van der Waals surface area contributed by atoms with Crippen molar-refractivity contribution in [2.75, 3.05) is 13.2 Å². The number of benzene rings is 2. The Morgan fingerprint density at radius 3 is 2.14 bits per heavy atom. The summed E-state index contributed by atoms with van der Waals surface area (Å²) in [5.74, 6) is -0.616. The fraction of sp³-hybridized carbons (Fsp3) is 0.286. The van der Waals surface area contributed by atoms with E-state index in [1.807, 2.05) is 6.07 Å². The summed E-state index contributed by atoms with van der Waals surface area (Å²) in [7, 11) is 0. The molecule has 1 atom stereocenters. The van der Waals surface area contributed by atoms with Crippen molar-refractivity contribution < 1.29 is 33.3 Å². The molecule has 0 saturated carbocycles. The number of rotatable bonds is 15. The van der Waals surface area contributed by atoms with E-state index in [2.05, 4.69) is 13.2 Å². The Morgan fingerprint density at radius 2 is 1.50 bits per heavy atom. The van der Waals surface area contributed by atoms with Crippen LogP contribution >= 0.6 is 0 Å². The smallest absolute Gasteiger partial charge is 0.343 e. The van der Waals surface area contributed by atoms with E-state index in [4.69, 9.17) is 24.2 Å². The van der Waals surface area contributed by atoms with Gasteiger partial charge in [-0.05, 0) is 67.8 Å². The average molecular weight is 492 g/mol. The molecule has 188 valence electrons. The monoisotopic (exact) mass is 491 g/mol. The molecule has 0 fully saturated rings. The van der Waals surface area contributed by atoms with Gasteiger partial charge in [0.25, 0.3) is 0 Å². The second kappa shape index (κ2) is 15.5. The number of carbonyl (C=O) groups is 3. The molecule has 0 saturated heterocycles. The van der Waals surface area contributed by atoms with Gasteiger partial charge >= 0.3 is 17.9 Å². The second-order valence-electron chi connectivity index (χ2n) is 7.70. The molecule has 36 heavy (non-hydrogen) atoms. The minimum absolute atomic E-state index is 0.0233. The van der Waals surface area contributed by atoms with Crippen molar-refractivity contribution in [1.29, 1.82) is 5.26 Å². The van der Waals surface area contributed by atoms with Crippen LogP contribution in [0.1, 0.15) is 48.0 Å². The number of nitrogens with zero attached hydrogens (tertiary/aromatic N) is 1. The van der Waals surface area contributed by atoms with Crippen LogP contribution in [-0.2, 0) is 19.1 Å². The molecule has 0 spiro atoms. The van der Waals surface area contributed by atoms with E-state index < -0.39 is 24.0 Å². The van der Waals surface area contributed by atoms with Crippen LogP contribution in [-0.4, -0.2) is 37.2 Å². The lowest BCUT2D eigenvalue weighted by Gasteiger charge is -2.16. The highest BCUT2D eigenvalue weighted by Gasteiger charge is 2.15. The predicted octanol–water partition coefficient (Wildman–Crippen LogP) is 4.93. The molecule has 0 N–H and O–H groups in total. The first-order chi connectivity index (χ1) is 17.4. The van der Waals surface area contributed by atoms with Crippen LogP contribution < -0.4 is 9.47 Å². The SMILES string of the molecule is C=CC(=O)OCC(CCCCCCOc1ccc(C(=O)Oc2ccc(C#N)cc2)cc1)OC(=O)C=C. The molecule has 2 rings (SSSR count). The van der Waals surface area contributed by atoms with E-state index in [0.717, 1.165) is 37.8 Å². The zero-order valence-electron chi connectivity index (χ0n) is 20.0. The Morgan fingerprint density at radius 1 is 0.861 bits per heavy atom. The maximum atomic E-state index is 12.3. The van der Waals surface area contributed by atoms with Gasteiger partial charge in [-0.1, -0.05) is 26.0 Å². The highest BCUT2D eigenvalue weighted by Crippen LogP contribution is 2.17. The first-order valence-corrected chi connectivity index (χ1v) is 11.5. The minimum Gasteiger partial charge on any atom is -0.494 e. The van der Waals surface area contributed by atoms with E-state index in [1.54, 1.807) is 48.5 Å². The number of carbonyl (C=O) groups excluding carboxylic acids is 3. The van der Waals surface area contributed by atoms with E-state index in [-0.39, 0.29) is 6.61 Å². The molecule has 8 heteroatoms. The molecular weight excluding hydrogens is 462 g/mol. The largest absolute Gasteiger partial charge is 0.494 e. The summed E-state index contributed by atoms with van der Waals surface area (Å²) in [5.41, 5.74) is 0.873. The Labute approximate surface area is 210 Å². The molecule has 1 unspecified atom stereocenters. The van der Waals surface area contributed by atoms with Gasteiger partial charge in [-0.3, -0.25) is 0 Å². The lowest BCUT2D eigenvalue weighted by atomic mass is 10.1. The third-order valence-electron chi connectivity index (χ3n) is 5.00. The summed E-state index contributed by atoms with van der Waals surface area (Å²) in [6.45, 7) is 7.20. The summed E-state index contributed by atoms with van der Waals surface area (Å²) in [4.78, 5) is 35.0. The Hall–Kier alpha value is -4.38. The number of hydrogen-bond donors (Lipinski definition) is 0. The fourth-order valence-corrected chi connectivity index (χ4v) is 3.09. The van der Waals surface area contributed by atoms with Crippen molar-refractivity contribution in [2.24, 2.45) is 0 Å². The Bertz CT molecular complexity index is 1070. The Balaban J connectivity index is 1.66. The molecule has 0 aliphatic carbocycles. The van der Waals surface area contributed by atoms with Gasteiger partial charge in [0.05, 0.1) is 23.8 Å². The van der Waals surface area contributed by atoms with Gasteiger partial charge in [0.2, 0.25) is 0 Å². The van der Waals surface area contributed by atoms with Gasteiger partial charge in [-0.2, -0.15) is 5.26 Å². The Kier molecular flexibility index (Phi) is 12.0. The van der Waals surface area contributed by atoms with Crippen LogP contribution in [0.3, 0.4) is 0 Å². The van der Waals surface area contributed by atoms with Gasteiger partial charge in [-0.25, -0.2) is 14.4 Å². The van der Waals surface area contributed by atoms with Crippen molar-refractivity contribution in [3.8, 4) is 17.6 Å². The highest BCUT2D eigenvalue weighted by atomic mass is 16.6. The van der Waals surface area contributed by atoms with E-state index >= 15 is 0 Å². The quantitative estimate of drug-likeness (QED) is 0.149. The predicted molar refractivity (Wildman–Crippen MR) is 132 cm³/mol. The van der Waals surface area contributed by atoms with Crippen LogP contribution in [0, 0.1) is 11.3 Å². The molecule has 0 aromatic heterocycles. The lowest BCUT2D eigenvalue weighted by Crippen LogP contribution is -2.24. The topological polar surface area (TPSA) is 112 Å². The molecule has 0 amide bonds. The zero-order chi connectivity index (χ0) is 26.2. The third kappa shape index (κ3) is 10.3. The highest BCUT2D eigenvalue weighted by molar-refractivity contribution is 5.91. The minimum atomic E-state index is -0.567. The summed E-state index contributed by atoms with van der Waals surface area (Å²) >= 11 is 0.